The molecule has 0 spiro atoms. The zero-order valence-electron chi connectivity index (χ0n) is 14.9. The van der Waals surface area contributed by atoms with Crippen molar-refractivity contribution in [3.05, 3.63) is 33.9 Å². The lowest BCUT2D eigenvalue weighted by atomic mass is 10.1. The van der Waals surface area contributed by atoms with Gasteiger partial charge in [-0.15, -0.1) is 0 Å². The SMILES string of the molecule is CCCCNC(=O)NC(=O)COC(=O)c1ccc(NC2CC2)c([N+](=O)[O-])c1. The van der Waals surface area contributed by atoms with Crippen molar-refractivity contribution in [2.45, 2.75) is 38.6 Å². The van der Waals surface area contributed by atoms with Gasteiger partial charge in [-0.1, -0.05) is 13.3 Å². The van der Waals surface area contributed by atoms with Crippen LogP contribution in [0, 0.1) is 10.1 Å². The van der Waals surface area contributed by atoms with Crippen LogP contribution in [0.25, 0.3) is 0 Å². The second kappa shape index (κ2) is 9.51. The smallest absolute Gasteiger partial charge is 0.338 e. The van der Waals surface area contributed by atoms with Crippen LogP contribution >= 0.6 is 0 Å². The highest BCUT2D eigenvalue weighted by Crippen LogP contribution is 2.31. The lowest BCUT2D eigenvalue weighted by Gasteiger charge is -2.09. The van der Waals surface area contributed by atoms with Crippen molar-refractivity contribution in [2.24, 2.45) is 0 Å². The van der Waals surface area contributed by atoms with E-state index >= 15 is 0 Å². The van der Waals surface area contributed by atoms with E-state index < -0.39 is 29.4 Å². The Kier molecular flexibility index (Phi) is 7.09. The average molecular weight is 378 g/mol. The Bertz CT molecular complexity index is 732. The third kappa shape index (κ3) is 6.57. The summed E-state index contributed by atoms with van der Waals surface area (Å²) >= 11 is 0. The van der Waals surface area contributed by atoms with Crippen LogP contribution in [0.3, 0.4) is 0 Å². The number of carbonyl (C=O) groups is 3. The molecule has 0 heterocycles. The van der Waals surface area contributed by atoms with Crippen molar-refractivity contribution in [1.29, 1.82) is 0 Å². The van der Waals surface area contributed by atoms with E-state index in [0.29, 0.717) is 12.2 Å². The van der Waals surface area contributed by atoms with Crippen molar-refractivity contribution >= 4 is 29.3 Å². The fourth-order valence-corrected chi connectivity index (χ4v) is 2.18. The summed E-state index contributed by atoms with van der Waals surface area (Å²) in [5, 5.41) is 18.7. The van der Waals surface area contributed by atoms with Gasteiger partial charge in [0.1, 0.15) is 5.69 Å². The molecule has 2 rings (SSSR count). The Morgan fingerprint density at radius 2 is 2.04 bits per heavy atom. The number of nitro benzene ring substituents is 1. The van der Waals surface area contributed by atoms with Gasteiger partial charge in [0, 0.05) is 18.7 Å². The molecule has 0 saturated heterocycles. The summed E-state index contributed by atoms with van der Waals surface area (Å²) in [4.78, 5) is 45.7. The number of ether oxygens (including phenoxy) is 1. The molecule has 0 bridgehead atoms. The van der Waals surface area contributed by atoms with Crippen LogP contribution in [0.1, 0.15) is 43.0 Å². The molecule has 27 heavy (non-hydrogen) atoms. The highest BCUT2D eigenvalue weighted by molar-refractivity contribution is 5.97. The molecule has 10 nitrogen and oxygen atoms in total. The number of esters is 1. The first-order valence-electron chi connectivity index (χ1n) is 8.70. The first-order valence-corrected chi connectivity index (χ1v) is 8.70. The highest BCUT2D eigenvalue weighted by atomic mass is 16.6. The predicted octanol–water partition coefficient (Wildman–Crippen LogP) is 1.95. The molecule has 0 atom stereocenters. The molecular formula is C17H22N4O6. The molecule has 146 valence electrons. The van der Waals surface area contributed by atoms with Crippen LogP contribution < -0.4 is 16.0 Å². The summed E-state index contributed by atoms with van der Waals surface area (Å²) in [6.45, 7) is 1.72. The van der Waals surface area contributed by atoms with Crippen molar-refractivity contribution in [3.8, 4) is 0 Å². The van der Waals surface area contributed by atoms with Gasteiger partial charge in [-0.3, -0.25) is 20.2 Å². The van der Waals surface area contributed by atoms with E-state index in [9.17, 15) is 24.5 Å². The Hall–Kier alpha value is -3.17. The molecule has 1 aliphatic rings. The molecule has 1 saturated carbocycles. The number of hydrogen-bond donors (Lipinski definition) is 3. The molecule has 1 aliphatic carbocycles. The van der Waals surface area contributed by atoms with Gasteiger partial charge < -0.3 is 15.4 Å². The van der Waals surface area contributed by atoms with Crippen LogP contribution in [0.5, 0.6) is 0 Å². The van der Waals surface area contributed by atoms with Gasteiger partial charge in [-0.05, 0) is 31.4 Å². The largest absolute Gasteiger partial charge is 0.452 e. The van der Waals surface area contributed by atoms with Gasteiger partial charge in [-0.2, -0.15) is 0 Å². The van der Waals surface area contributed by atoms with Gasteiger partial charge in [0.25, 0.3) is 11.6 Å². The summed E-state index contributed by atoms with van der Waals surface area (Å²) in [6.07, 6.45) is 3.57. The summed E-state index contributed by atoms with van der Waals surface area (Å²) in [5.41, 5.74) is 0.0416. The number of amides is 3. The van der Waals surface area contributed by atoms with E-state index in [1.165, 1.54) is 12.1 Å². The summed E-state index contributed by atoms with van der Waals surface area (Å²) in [6, 6.07) is 3.47. The number of rotatable bonds is 9. The molecule has 3 amide bonds. The first-order chi connectivity index (χ1) is 12.9. The lowest BCUT2D eigenvalue weighted by molar-refractivity contribution is -0.384. The number of nitrogens with zero attached hydrogens (tertiary/aromatic N) is 1. The van der Waals surface area contributed by atoms with Gasteiger partial charge in [-0.25, -0.2) is 9.59 Å². The van der Waals surface area contributed by atoms with Crippen LogP contribution in [-0.4, -0.2) is 42.0 Å². The zero-order chi connectivity index (χ0) is 19.8. The number of nitrogens with one attached hydrogen (secondary N) is 3. The fourth-order valence-electron chi connectivity index (χ4n) is 2.18. The van der Waals surface area contributed by atoms with E-state index in [4.69, 9.17) is 4.74 Å². The van der Waals surface area contributed by atoms with E-state index in [1.54, 1.807) is 0 Å². The molecule has 1 fully saturated rings. The van der Waals surface area contributed by atoms with Gasteiger partial charge in [0.05, 0.1) is 10.5 Å². The third-order valence-electron chi connectivity index (χ3n) is 3.77. The number of unbranched alkanes of at least 4 members (excludes halogenated alkanes) is 1. The number of benzene rings is 1. The number of imide groups is 1. The second-order valence-corrected chi connectivity index (χ2v) is 6.14. The van der Waals surface area contributed by atoms with Crippen LogP contribution in [0.2, 0.25) is 0 Å². The summed E-state index contributed by atoms with van der Waals surface area (Å²) in [7, 11) is 0. The lowest BCUT2D eigenvalue weighted by Crippen LogP contribution is -2.41. The van der Waals surface area contributed by atoms with Crippen LogP contribution in [0.15, 0.2) is 18.2 Å². The average Bonchev–Trinajstić information content (AvgIpc) is 3.44. The monoisotopic (exact) mass is 378 g/mol. The topological polar surface area (TPSA) is 140 Å². The molecule has 0 unspecified atom stereocenters. The Morgan fingerprint density at radius 1 is 1.30 bits per heavy atom. The number of anilines is 1. The van der Waals surface area contributed by atoms with Crippen LogP contribution in [0.4, 0.5) is 16.2 Å². The Labute approximate surface area is 155 Å². The molecule has 1 aromatic carbocycles. The minimum Gasteiger partial charge on any atom is -0.452 e. The molecular weight excluding hydrogens is 356 g/mol. The maximum atomic E-state index is 12.0. The minimum atomic E-state index is -0.891. The van der Waals surface area contributed by atoms with E-state index in [-0.39, 0.29) is 17.3 Å². The van der Waals surface area contributed by atoms with Crippen molar-refractivity contribution in [1.82, 2.24) is 10.6 Å². The maximum Gasteiger partial charge on any atom is 0.338 e. The summed E-state index contributed by atoms with van der Waals surface area (Å²) in [5.74, 6) is -1.68. The van der Waals surface area contributed by atoms with Gasteiger partial charge in [0.2, 0.25) is 0 Å². The van der Waals surface area contributed by atoms with Gasteiger partial charge >= 0.3 is 12.0 Å². The molecule has 3 N–H and O–H groups in total. The zero-order valence-corrected chi connectivity index (χ0v) is 14.9. The van der Waals surface area contributed by atoms with E-state index in [1.807, 2.05) is 12.2 Å². The number of hydrogen-bond acceptors (Lipinski definition) is 7. The molecule has 0 radical (unpaired) electrons. The predicted molar refractivity (Wildman–Crippen MR) is 96.5 cm³/mol. The number of urea groups is 1. The van der Waals surface area contributed by atoms with Crippen molar-refractivity contribution in [3.63, 3.8) is 0 Å². The summed E-state index contributed by atoms with van der Waals surface area (Å²) < 4.78 is 4.81. The molecule has 0 aliphatic heterocycles. The Balaban J connectivity index is 1.87. The molecule has 0 aromatic heterocycles. The maximum absolute atomic E-state index is 12.0. The van der Waals surface area contributed by atoms with E-state index in [2.05, 4.69) is 10.6 Å². The van der Waals surface area contributed by atoms with E-state index in [0.717, 1.165) is 31.7 Å². The highest BCUT2D eigenvalue weighted by Gasteiger charge is 2.26. The minimum absolute atomic E-state index is 0.0526. The standard InChI is InChI=1S/C17H22N4O6/c1-2-3-8-18-17(24)20-15(22)10-27-16(23)11-4-7-13(19-12-5-6-12)14(9-11)21(25)26/h4,7,9,12,19H,2-3,5-6,8,10H2,1H3,(H2,18,20,22,24). The molecule has 1 aromatic rings. The third-order valence-corrected chi connectivity index (χ3v) is 3.77. The first kappa shape index (κ1) is 20.1. The normalized spacial score (nSPS) is 12.8. The van der Waals surface area contributed by atoms with Crippen LogP contribution in [-0.2, 0) is 9.53 Å². The Morgan fingerprint density at radius 3 is 2.67 bits per heavy atom. The fraction of sp³-hybridized carbons (Fsp3) is 0.471. The quantitative estimate of drug-likeness (QED) is 0.258. The molecule has 10 heteroatoms. The number of nitro groups is 1. The number of carbonyl (C=O) groups excluding carboxylic acids is 3. The van der Waals surface area contributed by atoms with Gasteiger partial charge in [0.15, 0.2) is 6.61 Å². The van der Waals surface area contributed by atoms with Crippen molar-refractivity contribution < 1.29 is 24.0 Å². The second-order valence-electron chi connectivity index (χ2n) is 6.14. The van der Waals surface area contributed by atoms with Crippen molar-refractivity contribution in [2.75, 3.05) is 18.5 Å².